The molecule has 16 heavy (non-hydrogen) atoms. The molecule has 0 spiro atoms. The number of nitrogens with zero attached hydrogens (tertiary/aromatic N) is 6. The van der Waals surface area contributed by atoms with Gasteiger partial charge in [0.2, 0.25) is 22.3 Å². The van der Waals surface area contributed by atoms with Crippen molar-refractivity contribution in [2.75, 3.05) is 13.1 Å². The van der Waals surface area contributed by atoms with Crippen LogP contribution in [-0.2, 0) is 0 Å². The first-order valence-electron chi connectivity index (χ1n) is 3.85. The summed E-state index contributed by atoms with van der Waals surface area (Å²) in [6.07, 6.45) is 1.21. The minimum Gasteiger partial charge on any atom is -0.504 e. The fraction of sp³-hybridized carbons (Fsp3) is 0.333. The van der Waals surface area contributed by atoms with Crippen molar-refractivity contribution in [2.45, 2.75) is 0 Å². The molecule has 0 aliphatic rings. The van der Waals surface area contributed by atoms with E-state index < -0.39 is 29.6 Å². The lowest BCUT2D eigenvalue weighted by molar-refractivity contribution is -0.653. The smallest absolute Gasteiger partial charge is 0.389 e. The zero-order valence-corrected chi connectivity index (χ0v) is 7.96. The molecule has 0 aromatic carbocycles. The van der Waals surface area contributed by atoms with Crippen molar-refractivity contribution < 1.29 is 15.2 Å². The summed E-state index contributed by atoms with van der Waals surface area (Å²) in [7, 11) is 0. The van der Waals surface area contributed by atoms with E-state index in [-0.39, 0.29) is 0 Å². The van der Waals surface area contributed by atoms with Crippen LogP contribution in [0, 0.1) is 20.9 Å². The number of aliphatic hydroxyl groups is 2. The molecular formula is C6H8N6O4+2. The molecule has 0 unspecified atom stereocenters. The van der Waals surface area contributed by atoms with Gasteiger partial charge < -0.3 is 10.2 Å². The van der Waals surface area contributed by atoms with Crippen molar-refractivity contribution in [2.24, 2.45) is 0 Å². The Morgan fingerprint density at radius 1 is 1.25 bits per heavy atom. The second-order valence-electron chi connectivity index (χ2n) is 2.53. The van der Waals surface area contributed by atoms with E-state index in [0.29, 0.717) is 17.4 Å². The Kier molecular flexibility index (Phi) is 5.38. The van der Waals surface area contributed by atoms with E-state index in [4.69, 9.17) is 21.0 Å². The molecule has 0 aliphatic heterocycles. The maximum Gasteiger partial charge on any atom is 0.389 e. The van der Waals surface area contributed by atoms with Crippen molar-refractivity contribution in [3.8, 4) is 0 Å². The number of hydrazine groups is 1. The van der Waals surface area contributed by atoms with Gasteiger partial charge in [-0.15, -0.1) is 5.01 Å². The molecule has 0 aliphatic carbocycles. The van der Waals surface area contributed by atoms with E-state index in [0.717, 1.165) is 0 Å². The molecule has 84 valence electrons. The number of hydrogen-bond donors (Lipinski definition) is 2. The summed E-state index contributed by atoms with van der Waals surface area (Å²) in [5.74, 6) is -1.15. The first-order chi connectivity index (χ1) is 7.51. The minimum absolute atomic E-state index is 0.411. The van der Waals surface area contributed by atoms with E-state index in [1.807, 2.05) is 0 Å². The van der Waals surface area contributed by atoms with Gasteiger partial charge in [-0.1, -0.05) is 0 Å². The van der Waals surface area contributed by atoms with Crippen LogP contribution in [0.5, 0.6) is 0 Å². The zero-order chi connectivity index (χ0) is 12.6. The average molecular weight is 228 g/mol. The Hall–Kier alpha value is -2.88. The third kappa shape index (κ3) is 4.98. The van der Waals surface area contributed by atoms with Crippen LogP contribution in [0.4, 0.5) is 0 Å². The van der Waals surface area contributed by atoms with Gasteiger partial charge in [0.15, 0.2) is 15.0 Å². The maximum atomic E-state index is 10.4. The first kappa shape index (κ1) is 13.1. The van der Waals surface area contributed by atoms with Gasteiger partial charge >= 0.3 is 12.4 Å². The van der Waals surface area contributed by atoms with Crippen molar-refractivity contribution in [3.05, 3.63) is 44.0 Å². The molecule has 0 radical (unpaired) electrons. The average Bonchev–Trinajstić information content (AvgIpc) is 2.17. The van der Waals surface area contributed by atoms with Crippen LogP contribution >= 0.6 is 0 Å². The summed E-state index contributed by atoms with van der Waals surface area (Å²) < 4.78 is 0. The molecule has 0 saturated carbocycles. The van der Waals surface area contributed by atoms with Gasteiger partial charge in [-0.25, -0.2) is 10.1 Å². The predicted octanol–water partition coefficient (Wildman–Crippen LogP) is 0.985. The lowest BCUT2D eigenvalue weighted by Crippen LogP contribution is -2.33. The van der Waals surface area contributed by atoms with Crippen molar-refractivity contribution in [1.29, 1.82) is 10.8 Å². The van der Waals surface area contributed by atoms with Crippen LogP contribution in [-0.4, -0.2) is 33.3 Å². The highest BCUT2D eigenvalue weighted by atomic mass is 16.7. The van der Waals surface area contributed by atoms with E-state index in [1.54, 1.807) is 0 Å². The second kappa shape index (κ2) is 6.56. The molecular weight excluding hydrogens is 220 g/mol. The highest BCUT2D eigenvalue weighted by molar-refractivity contribution is 5.00. The number of rotatable bonds is 5. The zero-order valence-electron chi connectivity index (χ0n) is 7.96. The highest BCUT2D eigenvalue weighted by Crippen LogP contribution is 2.01. The first-order valence-corrected chi connectivity index (χ1v) is 3.85. The molecule has 0 heterocycles. The quantitative estimate of drug-likeness (QED) is 0.309. The standard InChI is InChI=1S/C6H6N6O4/c7-9-1-5(13)3-11(12(15)16)4-6(14)2-10-8/h1-2H,3-4H2/p+2/b5-1-,6-2-. The lowest BCUT2D eigenvalue weighted by Gasteiger charge is -2.10. The monoisotopic (exact) mass is 228 g/mol. The van der Waals surface area contributed by atoms with Crippen LogP contribution in [0.1, 0.15) is 0 Å². The minimum atomic E-state index is -0.886. The van der Waals surface area contributed by atoms with E-state index in [9.17, 15) is 10.1 Å². The van der Waals surface area contributed by atoms with Crippen LogP contribution in [0.15, 0.2) is 23.9 Å². The molecule has 10 heteroatoms. The van der Waals surface area contributed by atoms with Gasteiger partial charge in [0.25, 0.3) is 0 Å². The van der Waals surface area contributed by atoms with E-state index in [1.165, 1.54) is 0 Å². The lowest BCUT2D eigenvalue weighted by atomic mass is 10.4. The van der Waals surface area contributed by atoms with Crippen molar-refractivity contribution in [3.63, 3.8) is 0 Å². The Labute approximate surface area is 89.1 Å². The number of diazo groups is 2. The molecule has 0 fully saturated rings. The van der Waals surface area contributed by atoms with E-state index in [2.05, 4.69) is 9.95 Å². The van der Waals surface area contributed by atoms with Gasteiger partial charge in [0, 0.05) is 0 Å². The summed E-state index contributed by atoms with van der Waals surface area (Å²) in [6, 6.07) is 0. The Morgan fingerprint density at radius 3 is 1.88 bits per heavy atom. The highest BCUT2D eigenvalue weighted by Gasteiger charge is 2.21. The largest absolute Gasteiger partial charge is 0.504 e. The fourth-order valence-corrected chi connectivity index (χ4v) is 0.760. The van der Waals surface area contributed by atoms with Gasteiger partial charge in [0.1, 0.15) is 13.1 Å². The normalized spacial score (nSPS) is 11.4. The molecule has 0 aromatic rings. The third-order valence-electron chi connectivity index (χ3n) is 1.33. The van der Waals surface area contributed by atoms with Gasteiger partial charge in [-0.2, -0.15) is 0 Å². The Morgan fingerprint density at radius 2 is 1.62 bits per heavy atom. The van der Waals surface area contributed by atoms with Crippen LogP contribution in [0.3, 0.4) is 0 Å². The van der Waals surface area contributed by atoms with Crippen molar-refractivity contribution in [1.82, 2.24) is 5.01 Å². The summed E-state index contributed by atoms with van der Waals surface area (Å²) >= 11 is 0. The summed E-state index contributed by atoms with van der Waals surface area (Å²) in [6.45, 7) is -1.17. The van der Waals surface area contributed by atoms with E-state index >= 15 is 0 Å². The molecule has 0 saturated heterocycles. The van der Waals surface area contributed by atoms with Crippen molar-refractivity contribution >= 4 is 0 Å². The molecule has 2 N–H and O–H groups in total. The Balaban J connectivity index is 4.61. The van der Waals surface area contributed by atoms with Crippen LogP contribution in [0.25, 0.3) is 9.95 Å². The SMILES string of the molecule is N#[N+]/C=C(\O)CN(C/C(O)=C/[N+]#N)[N+](=O)[O-]. The molecule has 0 bridgehead atoms. The number of hydrogen-bond acceptors (Lipinski definition) is 6. The molecule has 0 atom stereocenters. The van der Waals surface area contributed by atoms with Crippen LogP contribution in [0.2, 0.25) is 0 Å². The van der Waals surface area contributed by atoms with Gasteiger partial charge in [0.05, 0.1) is 0 Å². The topological polar surface area (TPSA) is 143 Å². The fourth-order valence-electron chi connectivity index (χ4n) is 0.760. The summed E-state index contributed by atoms with van der Waals surface area (Å²) in [5, 5.41) is 44.1. The predicted molar refractivity (Wildman–Crippen MR) is 50.2 cm³/mol. The molecule has 10 nitrogen and oxygen atoms in total. The van der Waals surface area contributed by atoms with Crippen LogP contribution < -0.4 is 0 Å². The molecule has 0 amide bonds. The number of aliphatic hydroxyl groups excluding tert-OH is 2. The molecule has 0 aromatic heterocycles. The van der Waals surface area contributed by atoms with Gasteiger partial charge in [-0.05, 0) is 0 Å². The second-order valence-corrected chi connectivity index (χ2v) is 2.53. The number of nitro groups is 1. The summed E-state index contributed by atoms with van der Waals surface area (Å²) in [5.41, 5.74) is 0. The Bertz CT molecular complexity index is 370. The molecule has 0 rings (SSSR count). The third-order valence-corrected chi connectivity index (χ3v) is 1.33. The summed E-state index contributed by atoms with van der Waals surface area (Å²) in [4.78, 5) is 15.4. The maximum absolute atomic E-state index is 10.4. The van der Waals surface area contributed by atoms with Gasteiger partial charge in [-0.3, -0.25) is 0 Å².